The Bertz CT molecular complexity index is 406. The third-order valence-electron chi connectivity index (χ3n) is 1.30. The minimum Gasteiger partial charge on any atom is -0.418 e. The van der Waals surface area contributed by atoms with E-state index in [1.807, 2.05) is 0 Å². The molecule has 1 amide bonds. The van der Waals surface area contributed by atoms with Crippen LogP contribution in [0.1, 0.15) is 6.92 Å². The van der Waals surface area contributed by atoms with E-state index < -0.39 is 7.25 Å². The number of benzene rings is 1. The van der Waals surface area contributed by atoms with Crippen LogP contribution in [-0.4, -0.2) is 13.2 Å². The first-order chi connectivity index (χ1) is 7.72. The van der Waals surface area contributed by atoms with Crippen LogP contribution >= 0.6 is 0 Å². The fourth-order valence-corrected chi connectivity index (χ4v) is 0.815. The molecule has 0 saturated heterocycles. The lowest BCUT2D eigenvalue weighted by Crippen LogP contribution is -2.04. The molecule has 9 heteroatoms. The highest BCUT2D eigenvalue weighted by Crippen LogP contribution is 2.15. The van der Waals surface area contributed by atoms with E-state index in [-0.39, 0.29) is 5.91 Å². The number of anilines is 1. The third-order valence-corrected chi connectivity index (χ3v) is 1.30. The predicted octanol–water partition coefficient (Wildman–Crippen LogP) is 3.43. The summed E-state index contributed by atoms with van der Waals surface area (Å²) in [6.07, 6.45) is 0. The summed E-state index contributed by atoms with van der Waals surface area (Å²) in [5.74, 6) is -0.122. The molecule has 0 fully saturated rings. The zero-order valence-electron chi connectivity index (χ0n) is 8.70. The van der Waals surface area contributed by atoms with Gasteiger partial charge >= 0.3 is 12.9 Å². The molecule has 0 aliphatic heterocycles. The van der Waals surface area contributed by atoms with E-state index >= 15 is 0 Å². The number of nitrogens with one attached hydrogen (secondary N) is 1. The van der Waals surface area contributed by atoms with Gasteiger partial charge in [-0.1, -0.05) is 0 Å². The Morgan fingerprint density at radius 2 is 1.65 bits per heavy atom. The first-order valence-electron chi connectivity index (χ1n) is 4.32. The summed E-state index contributed by atoms with van der Waals surface area (Å²) in [5, 5.41) is 10.9. The summed E-state index contributed by atoms with van der Waals surface area (Å²) >= 11 is 0. The number of carbonyl (C=O) groups is 1. The van der Waals surface area contributed by atoms with Gasteiger partial charge in [0.1, 0.15) is 0 Å². The molecular formula is C8H8BF4N3O. The average Bonchev–Trinajstić information content (AvgIpc) is 2.15. The van der Waals surface area contributed by atoms with Gasteiger partial charge in [-0.2, -0.15) is 0 Å². The largest absolute Gasteiger partial charge is 0.673 e. The SMILES string of the molecule is CC(=O)Nc1ccc([N+]#N)cc1.F[B-](F)(F)F. The standard InChI is InChI=1S/C8H7N3O.BF4/c1-6(12)10-7-2-4-8(11-9)5-3-7;2-1(3,4)5/h2-5H,1H3;/q;-1/p+1. The first kappa shape index (κ1) is 14.9. The van der Waals surface area contributed by atoms with Crippen molar-refractivity contribution in [2.24, 2.45) is 0 Å². The zero-order chi connectivity index (χ0) is 13.5. The second-order valence-electron chi connectivity index (χ2n) is 2.82. The van der Waals surface area contributed by atoms with Crippen LogP contribution < -0.4 is 5.32 Å². The summed E-state index contributed by atoms with van der Waals surface area (Å²) in [6, 6.07) is 6.53. The van der Waals surface area contributed by atoms with Gasteiger partial charge in [-0.25, -0.2) is 0 Å². The number of amides is 1. The Morgan fingerprint density at radius 1 is 1.24 bits per heavy atom. The lowest BCUT2D eigenvalue weighted by Gasteiger charge is -1.97. The Kier molecular flexibility index (Phi) is 5.67. The topological polar surface area (TPSA) is 57.2 Å². The van der Waals surface area contributed by atoms with Crippen molar-refractivity contribution in [3.8, 4) is 0 Å². The van der Waals surface area contributed by atoms with E-state index in [0.717, 1.165) is 0 Å². The predicted molar refractivity (Wildman–Crippen MR) is 55.7 cm³/mol. The second-order valence-corrected chi connectivity index (χ2v) is 2.82. The van der Waals surface area contributed by atoms with Crippen LogP contribution in [0.5, 0.6) is 0 Å². The first-order valence-corrected chi connectivity index (χ1v) is 4.32. The molecule has 0 aromatic heterocycles. The fraction of sp³-hybridized carbons (Fsp3) is 0.125. The van der Waals surface area contributed by atoms with E-state index in [1.54, 1.807) is 24.3 Å². The molecule has 1 aromatic rings. The summed E-state index contributed by atoms with van der Waals surface area (Å²) < 4.78 is 39.0. The van der Waals surface area contributed by atoms with Crippen molar-refractivity contribution in [3.63, 3.8) is 0 Å². The number of halogens is 4. The zero-order valence-corrected chi connectivity index (χ0v) is 8.70. The van der Waals surface area contributed by atoms with Gasteiger partial charge < -0.3 is 22.6 Å². The molecule has 1 N–H and O–H groups in total. The fourth-order valence-electron chi connectivity index (χ4n) is 0.815. The van der Waals surface area contributed by atoms with Crippen molar-refractivity contribution < 1.29 is 22.1 Å². The summed E-state index contributed by atoms with van der Waals surface area (Å²) in [7, 11) is -6.00. The molecule has 0 aliphatic carbocycles. The Balaban J connectivity index is 0.000000437. The van der Waals surface area contributed by atoms with Crippen LogP contribution in [0, 0.1) is 5.39 Å². The van der Waals surface area contributed by atoms with Gasteiger partial charge in [0.05, 0.1) is 0 Å². The molecule has 0 bridgehead atoms. The molecule has 0 heterocycles. The highest BCUT2D eigenvalue weighted by molar-refractivity contribution is 6.50. The van der Waals surface area contributed by atoms with E-state index in [1.165, 1.54) is 6.92 Å². The normalized spacial score (nSPS) is 9.65. The van der Waals surface area contributed by atoms with Crippen molar-refractivity contribution in [2.75, 3.05) is 5.32 Å². The van der Waals surface area contributed by atoms with Gasteiger partial charge in [0.15, 0.2) is 4.98 Å². The maximum atomic E-state index is 10.6. The number of nitrogens with zero attached hydrogens (tertiary/aromatic N) is 2. The maximum absolute atomic E-state index is 10.6. The molecule has 0 spiro atoms. The molecule has 0 aliphatic rings. The molecule has 0 radical (unpaired) electrons. The Labute approximate surface area is 94.4 Å². The van der Waals surface area contributed by atoms with Gasteiger partial charge in [0, 0.05) is 24.7 Å². The molecule has 17 heavy (non-hydrogen) atoms. The Morgan fingerprint density at radius 3 is 1.94 bits per heavy atom. The monoisotopic (exact) mass is 249 g/mol. The van der Waals surface area contributed by atoms with Crippen LogP contribution in [0.25, 0.3) is 4.98 Å². The lowest BCUT2D eigenvalue weighted by atomic mass is 10.3. The van der Waals surface area contributed by atoms with Gasteiger partial charge in [-0.15, -0.1) is 0 Å². The van der Waals surface area contributed by atoms with Crippen LogP contribution in [-0.2, 0) is 4.79 Å². The van der Waals surface area contributed by atoms with Crippen LogP contribution in [0.2, 0.25) is 0 Å². The molecule has 1 aromatic carbocycles. The van der Waals surface area contributed by atoms with Gasteiger partial charge in [-0.3, -0.25) is 4.79 Å². The smallest absolute Gasteiger partial charge is 0.418 e. The van der Waals surface area contributed by atoms with Crippen molar-refractivity contribution in [1.82, 2.24) is 0 Å². The van der Waals surface area contributed by atoms with Crippen molar-refractivity contribution in [1.29, 1.82) is 5.39 Å². The molecule has 92 valence electrons. The third kappa shape index (κ3) is 10.2. The van der Waals surface area contributed by atoms with Crippen LogP contribution in [0.3, 0.4) is 0 Å². The number of hydrogen-bond acceptors (Lipinski definition) is 2. The molecule has 4 nitrogen and oxygen atoms in total. The van der Waals surface area contributed by atoms with Crippen LogP contribution in [0.4, 0.5) is 28.6 Å². The molecule has 0 atom stereocenters. The number of rotatable bonds is 1. The highest BCUT2D eigenvalue weighted by atomic mass is 19.5. The summed E-state index contributed by atoms with van der Waals surface area (Å²) in [6.45, 7) is 1.43. The van der Waals surface area contributed by atoms with Crippen molar-refractivity contribution >= 4 is 24.5 Å². The minimum atomic E-state index is -6.00. The molecule has 0 saturated carbocycles. The maximum Gasteiger partial charge on any atom is 0.673 e. The van der Waals surface area contributed by atoms with E-state index in [0.29, 0.717) is 11.4 Å². The minimum absolute atomic E-state index is 0.122. The van der Waals surface area contributed by atoms with Crippen molar-refractivity contribution in [2.45, 2.75) is 6.92 Å². The molecule has 1 rings (SSSR count). The molecular weight excluding hydrogens is 241 g/mol. The number of hydrogen-bond donors (Lipinski definition) is 1. The van der Waals surface area contributed by atoms with Gasteiger partial charge in [-0.05, 0) is 12.1 Å². The summed E-state index contributed by atoms with van der Waals surface area (Å²) in [4.78, 5) is 13.6. The highest BCUT2D eigenvalue weighted by Gasteiger charge is 2.20. The summed E-state index contributed by atoms with van der Waals surface area (Å²) in [5.41, 5.74) is 1.15. The number of diazo groups is 1. The Hall–Kier alpha value is -2.11. The van der Waals surface area contributed by atoms with Crippen molar-refractivity contribution in [3.05, 3.63) is 29.2 Å². The lowest BCUT2D eigenvalue weighted by molar-refractivity contribution is -0.114. The van der Waals surface area contributed by atoms with Crippen LogP contribution in [0.15, 0.2) is 24.3 Å². The van der Waals surface area contributed by atoms with E-state index in [2.05, 4.69) is 10.3 Å². The van der Waals surface area contributed by atoms with Gasteiger partial charge in [0.25, 0.3) is 0 Å². The van der Waals surface area contributed by atoms with Gasteiger partial charge in [0.2, 0.25) is 11.3 Å². The second kappa shape index (κ2) is 6.47. The average molecular weight is 249 g/mol. The quantitative estimate of drug-likeness (QED) is 0.470. The number of carbonyl (C=O) groups excluding carboxylic acids is 1. The van der Waals surface area contributed by atoms with E-state index in [9.17, 15) is 22.1 Å². The molecule has 0 unspecified atom stereocenters. The van der Waals surface area contributed by atoms with E-state index in [4.69, 9.17) is 5.39 Å².